The molecule has 0 saturated heterocycles. The van der Waals surface area contributed by atoms with Crippen LogP contribution in [0, 0.1) is 0 Å². The summed E-state index contributed by atoms with van der Waals surface area (Å²) in [7, 11) is -3.85. The Kier molecular flexibility index (Phi) is 6.64. The van der Waals surface area contributed by atoms with E-state index in [1.807, 2.05) is 0 Å². The van der Waals surface area contributed by atoms with Crippen LogP contribution in [0.25, 0.3) is 0 Å². The largest absolute Gasteiger partial charge is 0.350 e. The summed E-state index contributed by atoms with van der Waals surface area (Å²) in [6.45, 7) is 0. The van der Waals surface area contributed by atoms with Crippen molar-refractivity contribution in [2.75, 3.05) is 15.5 Å². The van der Waals surface area contributed by atoms with Crippen molar-refractivity contribution in [2.24, 2.45) is 5.14 Å². The molecule has 3 aromatic carbocycles. The molecule has 0 radical (unpaired) electrons. The lowest BCUT2D eigenvalue weighted by molar-refractivity contribution is -0.120. The first-order chi connectivity index (χ1) is 16.5. The molecule has 3 aromatic rings. The van der Waals surface area contributed by atoms with Crippen LogP contribution in [0.15, 0.2) is 88.4 Å². The highest BCUT2D eigenvalue weighted by molar-refractivity contribution is 7.89. The third-order valence-electron chi connectivity index (χ3n) is 4.95. The summed E-state index contributed by atoms with van der Waals surface area (Å²) in [4.78, 5) is 39.0. The van der Waals surface area contributed by atoms with Gasteiger partial charge in [0.15, 0.2) is 0 Å². The Bertz CT molecular complexity index is 1490. The molecule has 0 unspecified atom stereocenters. The SMILES string of the molecule is NS(=O)(=O)c1ccc(NC(=O)c2cccc(NC3=C(Cl)C(=O)N(c4ccc(Cl)cc4)C3=O)c2)cc1. The van der Waals surface area contributed by atoms with E-state index in [1.165, 1.54) is 48.5 Å². The molecule has 12 heteroatoms. The monoisotopic (exact) mass is 530 g/mol. The van der Waals surface area contributed by atoms with Gasteiger partial charge in [-0.1, -0.05) is 29.3 Å². The first-order valence-corrected chi connectivity index (χ1v) is 12.2. The van der Waals surface area contributed by atoms with Crippen LogP contribution in [0.3, 0.4) is 0 Å². The maximum Gasteiger partial charge on any atom is 0.283 e. The highest BCUT2D eigenvalue weighted by atomic mass is 35.5. The zero-order valence-corrected chi connectivity index (χ0v) is 20.0. The van der Waals surface area contributed by atoms with Crippen LogP contribution in [-0.2, 0) is 19.6 Å². The van der Waals surface area contributed by atoms with E-state index in [1.54, 1.807) is 24.3 Å². The van der Waals surface area contributed by atoms with Crippen LogP contribution in [0.5, 0.6) is 0 Å². The normalized spacial score (nSPS) is 13.9. The molecule has 1 heterocycles. The predicted molar refractivity (Wildman–Crippen MR) is 133 cm³/mol. The molecule has 0 bridgehead atoms. The van der Waals surface area contributed by atoms with Crippen molar-refractivity contribution in [3.63, 3.8) is 0 Å². The fraction of sp³-hybridized carbons (Fsp3) is 0. The summed E-state index contributed by atoms with van der Waals surface area (Å²) in [5, 5.41) is 10.7. The molecule has 0 spiro atoms. The van der Waals surface area contributed by atoms with Gasteiger partial charge in [-0.25, -0.2) is 18.5 Å². The number of rotatable bonds is 6. The zero-order valence-electron chi connectivity index (χ0n) is 17.7. The van der Waals surface area contributed by atoms with Gasteiger partial charge in [-0.15, -0.1) is 0 Å². The number of hydrogen-bond donors (Lipinski definition) is 3. The van der Waals surface area contributed by atoms with Gasteiger partial charge in [0.05, 0.1) is 10.6 Å². The van der Waals surface area contributed by atoms with E-state index in [0.717, 1.165) is 4.90 Å². The fourth-order valence-electron chi connectivity index (χ4n) is 3.25. The van der Waals surface area contributed by atoms with Crippen molar-refractivity contribution in [3.05, 3.63) is 94.1 Å². The van der Waals surface area contributed by atoms with Crippen LogP contribution in [0.1, 0.15) is 10.4 Å². The van der Waals surface area contributed by atoms with Gasteiger partial charge in [0.25, 0.3) is 17.7 Å². The molecule has 35 heavy (non-hydrogen) atoms. The summed E-state index contributed by atoms with van der Waals surface area (Å²) in [5.41, 5.74) is 1.09. The van der Waals surface area contributed by atoms with E-state index >= 15 is 0 Å². The second kappa shape index (κ2) is 9.51. The number of amides is 3. The summed E-state index contributed by atoms with van der Waals surface area (Å²) in [6.07, 6.45) is 0. The molecule has 1 aliphatic heterocycles. The third-order valence-corrected chi connectivity index (χ3v) is 6.48. The van der Waals surface area contributed by atoms with E-state index in [4.69, 9.17) is 28.3 Å². The van der Waals surface area contributed by atoms with Crippen LogP contribution in [0.4, 0.5) is 17.1 Å². The summed E-state index contributed by atoms with van der Waals surface area (Å²) >= 11 is 12.0. The average Bonchev–Trinajstić information content (AvgIpc) is 3.03. The van der Waals surface area contributed by atoms with Crippen molar-refractivity contribution in [2.45, 2.75) is 4.90 Å². The molecule has 0 aromatic heterocycles. The second-order valence-electron chi connectivity index (χ2n) is 7.34. The minimum absolute atomic E-state index is 0.0877. The van der Waals surface area contributed by atoms with Crippen LogP contribution >= 0.6 is 23.2 Å². The van der Waals surface area contributed by atoms with Crippen molar-refractivity contribution in [3.8, 4) is 0 Å². The van der Waals surface area contributed by atoms with Crippen molar-refractivity contribution < 1.29 is 22.8 Å². The fourth-order valence-corrected chi connectivity index (χ4v) is 4.10. The minimum Gasteiger partial charge on any atom is -0.350 e. The molecular formula is C23H16Cl2N4O5S. The molecule has 1 aliphatic rings. The van der Waals surface area contributed by atoms with Gasteiger partial charge in [0.2, 0.25) is 10.0 Å². The second-order valence-corrected chi connectivity index (χ2v) is 9.72. The lowest BCUT2D eigenvalue weighted by Gasteiger charge is -2.15. The maximum atomic E-state index is 12.9. The Morgan fingerprint density at radius 3 is 2.14 bits per heavy atom. The number of imide groups is 1. The standard InChI is InChI=1S/C23H16Cl2N4O5S/c24-14-4-8-17(9-5-14)29-22(31)19(25)20(23(29)32)27-16-3-1-2-13(12-16)21(30)28-15-6-10-18(11-7-15)35(26,33)34/h1-12,27H,(H,28,30)(H2,26,33,34). The molecule has 0 atom stereocenters. The van der Waals surface area contributed by atoms with Gasteiger partial charge in [-0.05, 0) is 66.7 Å². The Morgan fingerprint density at radius 1 is 0.857 bits per heavy atom. The number of sulfonamides is 1. The molecule has 4 rings (SSSR count). The molecular weight excluding hydrogens is 515 g/mol. The van der Waals surface area contributed by atoms with Gasteiger partial charge < -0.3 is 10.6 Å². The summed E-state index contributed by atoms with van der Waals surface area (Å²) in [6, 6.07) is 17.6. The molecule has 0 fully saturated rings. The quantitative estimate of drug-likeness (QED) is 0.415. The lowest BCUT2D eigenvalue weighted by atomic mass is 10.1. The number of benzene rings is 3. The summed E-state index contributed by atoms with van der Waals surface area (Å²) < 4.78 is 22.7. The number of carbonyl (C=O) groups is 3. The van der Waals surface area contributed by atoms with Crippen molar-refractivity contribution in [1.29, 1.82) is 0 Å². The van der Waals surface area contributed by atoms with Crippen molar-refractivity contribution >= 4 is 68.0 Å². The highest BCUT2D eigenvalue weighted by Crippen LogP contribution is 2.31. The van der Waals surface area contributed by atoms with Gasteiger partial charge in [-0.3, -0.25) is 14.4 Å². The predicted octanol–water partition coefficient (Wildman–Crippen LogP) is 3.68. The Morgan fingerprint density at radius 2 is 1.51 bits per heavy atom. The van der Waals surface area contributed by atoms with E-state index in [-0.39, 0.29) is 21.2 Å². The van der Waals surface area contributed by atoms with Gasteiger partial charge >= 0.3 is 0 Å². The first kappa shape index (κ1) is 24.4. The van der Waals surface area contributed by atoms with Crippen LogP contribution in [0.2, 0.25) is 5.02 Å². The van der Waals surface area contributed by atoms with Crippen LogP contribution in [-0.4, -0.2) is 26.1 Å². The zero-order chi connectivity index (χ0) is 25.3. The number of carbonyl (C=O) groups excluding carboxylic acids is 3. The Hall–Kier alpha value is -3.70. The number of halogens is 2. The Balaban J connectivity index is 1.51. The Labute approximate surface area is 210 Å². The minimum atomic E-state index is -3.85. The van der Waals surface area contributed by atoms with Crippen molar-refractivity contribution in [1.82, 2.24) is 0 Å². The number of primary sulfonamides is 1. The van der Waals surface area contributed by atoms with Gasteiger partial charge in [0, 0.05) is 22.0 Å². The number of nitrogens with one attached hydrogen (secondary N) is 2. The average molecular weight is 531 g/mol. The number of hydrogen-bond acceptors (Lipinski definition) is 6. The first-order valence-electron chi connectivity index (χ1n) is 9.90. The smallest absolute Gasteiger partial charge is 0.283 e. The van der Waals surface area contributed by atoms with E-state index in [9.17, 15) is 22.8 Å². The third kappa shape index (κ3) is 5.20. The van der Waals surface area contributed by atoms with E-state index in [0.29, 0.717) is 22.1 Å². The van der Waals surface area contributed by atoms with E-state index in [2.05, 4.69) is 10.6 Å². The molecule has 4 N–H and O–H groups in total. The number of anilines is 3. The summed E-state index contributed by atoms with van der Waals surface area (Å²) in [5.74, 6) is -1.85. The number of nitrogens with two attached hydrogens (primary N) is 1. The van der Waals surface area contributed by atoms with Crippen LogP contribution < -0.4 is 20.7 Å². The lowest BCUT2D eigenvalue weighted by Crippen LogP contribution is -2.32. The van der Waals surface area contributed by atoms with Gasteiger partial charge in [-0.2, -0.15) is 0 Å². The van der Waals surface area contributed by atoms with Gasteiger partial charge in [0.1, 0.15) is 10.7 Å². The molecule has 3 amide bonds. The molecule has 0 aliphatic carbocycles. The van der Waals surface area contributed by atoms with E-state index < -0.39 is 27.7 Å². The molecule has 178 valence electrons. The molecule has 9 nitrogen and oxygen atoms in total. The topological polar surface area (TPSA) is 139 Å². The number of nitrogens with zero attached hydrogens (tertiary/aromatic N) is 1. The maximum absolute atomic E-state index is 12.9. The highest BCUT2D eigenvalue weighted by Gasteiger charge is 2.39. The molecule has 0 saturated carbocycles.